The van der Waals surface area contributed by atoms with Crippen molar-refractivity contribution in [3.63, 3.8) is 0 Å². The van der Waals surface area contributed by atoms with Crippen molar-refractivity contribution in [2.75, 3.05) is 13.2 Å². The lowest BCUT2D eigenvalue weighted by Crippen LogP contribution is -2.28. The van der Waals surface area contributed by atoms with Gasteiger partial charge in [-0.05, 0) is 38.5 Å². The topological polar surface area (TPSA) is 72.8 Å². The molecule has 38 heavy (non-hydrogen) atoms. The Morgan fingerprint density at radius 3 is 1.42 bits per heavy atom. The Hall–Kier alpha value is -1.36. The van der Waals surface area contributed by atoms with E-state index in [2.05, 4.69) is 26.0 Å². The molecule has 0 aliphatic carbocycles. The van der Waals surface area contributed by atoms with Crippen LogP contribution >= 0.6 is 0 Å². The molecule has 0 saturated heterocycles. The van der Waals surface area contributed by atoms with Gasteiger partial charge in [-0.25, -0.2) is 0 Å². The molecule has 5 nitrogen and oxygen atoms in total. The zero-order valence-corrected chi connectivity index (χ0v) is 25.2. The number of rotatable bonds is 29. The van der Waals surface area contributed by atoms with E-state index in [1.54, 1.807) is 0 Å². The van der Waals surface area contributed by atoms with Crippen LogP contribution in [0.2, 0.25) is 0 Å². The summed E-state index contributed by atoms with van der Waals surface area (Å²) < 4.78 is 10.5. The van der Waals surface area contributed by atoms with Gasteiger partial charge in [0.25, 0.3) is 0 Å². The van der Waals surface area contributed by atoms with Crippen molar-refractivity contribution in [3.8, 4) is 0 Å². The van der Waals surface area contributed by atoms with Crippen LogP contribution in [0.15, 0.2) is 12.2 Å². The van der Waals surface area contributed by atoms with Gasteiger partial charge < -0.3 is 14.6 Å². The van der Waals surface area contributed by atoms with Crippen molar-refractivity contribution in [1.29, 1.82) is 0 Å². The minimum atomic E-state index is -0.763. The number of unbranched alkanes of at least 4 members (excludes halogenated alkanes) is 19. The highest BCUT2D eigenvalue weighted by Crippen LogP contribution is 2.12. The van der Waals surface area contributed by atoms with E-state index in [1.165, 1.54) is 103 Å². The van der Waals surface area contributed by atoms with E-state index in [4.69, 9.17) is 9.47 Å². The van der Waals surface area contributed by atoms with Gasteiger partial charge in [-0.1, -0.05) is 129 Å². The number of carbonyl (C=O) groups excluding carboxylic acids is 2. The van der Waals surface area contributed by atoms with E-state index >= 15 is 0 Å². The average Bonchev–Trinajstić information content (AvgIpc) is 2.92. The fraction of sp³-hybridized carbons (Fsp3) is 0.879. The normalized spacial score (nSPS) is 12.2. The van der Waals surface area contributed by atoms with Crippen molar-refractivity contribution in [1.82, 2.24) is 0 Å². The third-order valence-corrected chi connectivity index (χ3v) is 7.06. The smallest absolute Gasteiger partial charge is 0.306 e. The number of ether oxygens (including phenoxy) is 2. The highest BCUT2D eigenvalue weighted by atomic mass is 16.6. The van der Waals surface area contributed by atoms with E-state index in [1.807, 2.05) is 0 Å². The van der Waals surface area contributed by atoms with Crippen LogP contribution in [-0.2, 0) is 19.1 Å². The zero-order chi connectivity index (χ0) is 27.9. The summed E-state index contributed by atoms with van der Waals surface area (Å²) in [4.78, 5) is 23.9. The van der Waals surface area contributed by atoms with E-state index in [-0.39, 0.29) is 25.2 Å². The van der Waals surface area contributed by atoms with Crippen molar-refractivity contribution in [2.45, 2.75) is 174 Å². The van der Waals surface area contributed by atoms with Crippen LogP contribution in [0.5, 0.6) is 0 Å². The van der Waals surface area contributed by atoms with Gasteiger partial charge in [0.05, 0.1) is 6.61 Å². The summed E-state index contributed by atoms with van der Waals surface area (Å²) in [5, 5.41) is 9.44. The van der Waals surface area contributed by atoms with Crippen LogP contribution in [0.25, 0.3) is 0 Å². The maximum absolute atomic E-state index is 12.0. The van der Waals surface area contributed by atoms with Crippen LogP contribution in [0.3, 0.4) is 0 Å². The van der Waals surface area contributed by atoms with Gasteiger partial charge >= 0.3 is 11.9 Å². The number of allylic oxidation sites excluding steroid dienone is 2. The third-order valence-electron chi connectivity index (χ3n) is 7.06. The molecule has 0 rings (SSSR count). The summed E-state index contributed by atoms with van der Waals surface area (Å²) >= 11 is 0. The first-order valence-corrected chi connectivity index (χ1v) is 16.2. The average molecular weight is 539 g/mol. The minimum absolute atomic E-state index is 0.0643. The Bertz CT molecular complexity index is 546. The van der Waals surface area contributed by atoms with Gasteiger partial charge in [0.1, 0.15) is 6.61 Å². The third kappa shape index (κ3) is 27.7. The molecule has 0 aliphatic heterocycles. The minimum Gasteiger partial charge on any atom is -0.462 e. The highest BCUT2D eigenvalue weighted by molar-refractivity contribution is 5.70. The quantitative estimate of drug-likeness (QED) is 0.0583. The van der Waals surface area contributed by atoms with E-state index < -0.39 is 6.10 Å². The number of esters is 2. The second kappa shape index (κ2) is 30.2. The molecule has 0 aromatic heterocycles. The molecule has 0 spiro atoms. The van der Waals surface area contributed by atoms with Gasteiger partial charge in [-0.2, -0.15) is 0 Å². The second-order valence-corrected chi connectivity index (χ2v) is 10.9. The summed E-state index contributed by atoms with van der Waals surface area (Å²) in [7, 11) is 0. The Balaban J connectivity index is 3.52. The molecule has 1 atom stereocenters. The molecular formula is C33H62O5. The summed E-state index contributed by atoms with van der Waals surface area (Å²) in [5.41, 5.74) is 0. The van der Waals surface area contributed by atoms with Gasteiger partial charge in [-0.3, -0.25) is 9.59 Å². The maximum atomic E-state index is 12.0. The van der Waals surface area contributed by atoms with E-state index in [0.29, 0.717) is 12.8 Å². The van der Waals surface area contributed by atoms with Crippen LogP contribution in [-0.4, -0.2) is 36.4 Å². The Kier molecular flexibility index (Phi) is 29.1. The van der Waals surface area contributed by atoms with Crippen LogP contribution in [0, 0.1) is 0 Å². The Labute approximate surface area is 235 Å². The lowest BCUT2D eigenvalue weighted by atomic mass is 10.1. The van der Waals surface area contributed by atoms with Crippen molar-refractivity contribution in [2.24, 2.45) is 0 Å². The van der Waals surface area contributed by atoms with Gasteiger partial charge in [0.2, 0.25) is 0 Å². The molecule has 0 radical (unpaired) electrons. The number of aliphatic hydroxyl groups is 1. The zero-order valence-electron chi connectivity index (χ0n) is 25.2. The second-order valence-electron chi connectivity index (χ2n) is 10.9. The van der Waals surface area contributed by atoms with E-state index in [0.717, 1.165) is 38.5 Å². The standard InChI is InChI=1S/C33H62O5/c1-3-5-7-9-11-12-13-14-15-16-17-18-19-20-21-22-24-26-28-33(36)38-31(29-34)30-37-32(35)27-25-23-10-8-6-4-2/h15-16,31,34H,3-14,17-30H2,1-2H3/b16-15-. The summed E-state index contributed by atoms with van der Waals surface area (Å²) in [5.74, 6) is -0.603. The van der Waals surface area contributed by atoms with Crippen molar-refractivity contribution < 1.29 is 24.2 Å². The summed E-state index contributed by atoms with van der Waals surface area (Å²) in [6, 6.07) is 0. The molecule has 0 saturated carbocycles. The predicted octanol–water partition coefficient (Wildman–Crippen LogP) is 9.39. The molecule has 5 heteroatoms. The summed E-state index contributed by atoms with van der Waals surface area (Å²) in [6.45, 7) is 4.06. The summed E-state index contributed by atoms with van der Waals surface area (Å²) in [6.07, 6.45) is 31.4. The molecule has 1 N–H and O–H groups in total. The van der Waals surface area contributed by atoms with Crippen LogP contribution < -0.4 is 0 Å². The van der Waals surface area contributed by atoms with Gasteiger partial charge in [0.15, 0.2) is 6.10 Å². The lowest BCUT2D eigenvalue weighted by molar-refractivity contribution is -0.161. The van der Waals surface area contributed by atoms with Crippen LogP contribution in [0.4, 0.5) is 0 Å². The molecule has 0 aliphatic rings. The van der Waals surface area contributed by atoms with Crippen LogP contribution in [0.1, 0.15) is 168 Å². The van der Waals surface area contributed by atoms with Gasteiger partial charge in [-0.15, -0.1) is 0 Å². The number of hydrogen-bond donors (Lipinski definition) is 1. The maximum Gasteiger partial charge on any atom is 0.306 e. The molecule has 224 valence electrons. The molecule has 0 bridgehead atoms. The fourth-order valence-corrected chi connectivity index (χ4v) is 4.55. The largest absolute Gasteiger partial charge is 0.462 e. The van der Waals surface area contributed by atoms with Crippen molar-refractivity contribution >= 4 is 11.9 Å². The molecule has 0 aromatic rings. The first-order chi connectivity index (χ1) is 18.6. The highest BCUT2D eigenvalue weighted by Gasteiger charge is 2.16. The first-order valence-electron chi connectivity index (χ1n) is 16.2. The fourth-order valence-electron chi connectivity index (χ4n) is 4.55. The number of aliphatic hydroxyl groups excluding tert-OH is 1. The first kappa shape index (κ1) is 36.6. The van der Waals surface area contributed by atoms with Crippen molar-refractivity contribution in [3.05, 3.63) is 12.2 Å². The molecule has 1 unspecified atom stereocenters. The van der Waals surface area contributed by atoms with E-state index in [9.17, 15) is 14.7 Å². The SMILES string of the molecule is CCCCCCCCC/C=C\CCCCCCCCCC(=O)OC(CO)COC(=O)CCCCCCCC. The molecule has 0 amide bonds. The van der Waals surface area contributed by atoms with Gasteiger partial charge in [0, 0.05) is 12.8 Å². The molecule has 0 heterocycles. The monoisotopic (exact) mass is 538 g/mol. The molecular weight excluding hydrogens is 476 g/mol. The number of hydrogen-bond acceptors (Lipinski definition) is 5. The Morgan fingerprint density at radius 2 is 0.974 bits per heavy atom. The number of carbonyl (C=O) groups is 2. The lowest BCUT2D eigenvalue weighted by Gasteiger charge is -2.15. The molecule has 0 aromatic carbocycles. The predicted molar refractivity (Wildman–Crippen MR) is 159 cm³/mol. The Morgan fingerprint density at radius 1 is 0.579 bits per heavy atom. The molecule has 0 fully saturated rings.